The van der Waals surface area contributed by atoms with Gasteiger partial charge in [0.25, 0.3) is 0 Å². The van der Waals surface area contributed by atoms with Crippen molar-refractivity contribution in [3.8, 4) is 22.3 Å². The SMILES string of the molecule is Cc1ccc(-c2ccccc2)c(N(C)c2ccccc2-c2ccccc2)c1. The van der Waals surface area contributed by atoms with Crippen LogP contribution in [-0.2, 0) is 0 Å². The van der Waals surface area contributed by atoms with Crippen molar-refractivity contribution in [2.24, 2.45) is 0 Å². The highest BCUT2D eigenvalue weighted by molar-refractivity contribution is 5.88. The van der Waals surface area contributed by atoms with Crippen LogP contribution in [0.2, 0.25) is 0 Å². The molecule has 0 heterocycles. The molecule has 27 heavy (non-hydrogen) atoms. The second-order valence-electron chi connectivity index (χ2n) is 6.83. The van der Waals surface area contributed by atoms with Crippen LogP contribution < -0.4 is 4.90 Å². The van der Waals surface area contributed by atoms with Gasteiger partial charge in [-0.15, -0.1) is 0 Å². The van der Waals surface area contributed by atoms with Crippen molar-refractivity contribution in [2.45, 2.75) is 6.92 Å². The lowest BCUT2D eigenvalue weighted by atomic mass is 9.99. The highest BCUT2D eigenvalue weighted by Gasteiger charge is 2.14. The zero-order valence-electron chi connectivity index (χ0n) is 15.8. The van der Waals surface area contributed by atoms with Gasteiger partial charge in [-0.3, -0.25) is 0 Å². The summed E-state index contributed by atoms with van der Waals surface area (Å²) >= 11 is 0. The summed E-state index contributed by atoms with van der Waals surface area (Å²) < 4.78 is 0. The molecule has 0 unspecified atom stereocenters. The number of rotatable bonds is 4. The molecular formula is C26H23N. The fourth-order valence-electron chi connectivity index (χ4n) is 3.54. The minimum Gasteiger partial charge on any atom is -0.344 e. The molecule has 4 aromatic carbocycles. The first kappa shape index (κ1) is 17.1. The van der Waals surface area contributed by atoms with Gasteiger partial charge in [-0.2, -0.15) is 0 Å². The highest BCUT2D eigenvalue weighted by Crippen LogP contribution is 2.39. The van der Waals surface area contributed by atoms with E-state index in [1.165, 1.54) is 39.2 Å². The number of nitrogens with zero attached hydrogens (tertiary/aromatic N) is 1. The third-order valence-corrected chi connectivity index (χ3v) is 4.95. The molecule has 0 aromatic heterocycles. The van der Waals surface area contributed by atoms with Gasteiger partial charge in [-0.1, -0.05) is 91.0 Å². The Morgan fingerprint density at radius 1 is 0.519 bits per heavy atom. The standard InChI is InChI=1S/C26H23N/c1-20-17-18-24(22-13-7-4-8-14-22)26(19-20)27(2)25-16-10-9-15-23(25)21-11-5-3-6-12-21/h3-19H,1-2H3. The van der Waals surface area contributed by atoms with Crippen LogP contribution in [0.25, 0.3) is 22.3 Å². The topological polar surface area (TPSA) is 3.24 Å². The summed E-state index contributed by atoms with van der Waals surface area (Å²) in [7, 11) is 2.16. The molecule has 0 saturated carbocycles. The molecule has 1 nitrogen and oxygen atoms in total. The summed E-state index contributed by atoms with van der Waals surface area (Å²) in [4.78, 5) is 2.30. The maximum Gasteiger partial charge on any atom is 0.0490 e. The van der Waals surface area contributed by atoms with E-state index in [4.69, 9.17) is 0 Å². The van der Waals surface area contributed by atoms with E-state index in [0.717, 1.165) is 0 Å². The smallest absolute Gasteiger partial charge is 0.0490 e. The van der Waals surface area contributed by atoms with Crippen LogP contribution in [-0.4, -0.2) is 7.05 Å². The van der Waals surface area contributed by atoms with E-state index in [-0.39, 0.29) is 0 Å². The maximum absolute atomic E-state index is 2.30. The predicted octanol–water partition coefficient (Wildman–Crippen LogP) is 7.10. The van der Waals surface area contributed by atoms with Gasteiger partial charge >= 0.3 is 0 Å². The van der Waals surface area contributed by atoms with Crippen LogP contribution in [0.3, 0.4) is 0 Å². The molecule has 0 amide bonds. The van der Waals surface area contributed by atoms with E-state index < -0.39 is 0 Å². The number of aryl methyl sites for hydroxylation is 1. The van der Waals surface area contributed by atoms with E-state index >= 15 is 0 Å². The Kier molecular flexibility index (Phi) is 4.76. The minimum absolute atomic E-state index is 1.20. The van der Waals surface area contributed by atoms with Crippen molar-refractivity contribution in [3.63, 3.8) is 0 Å². The minimum atomic E-state index is 1.20. The van der Waals surface area contributed by atoms with Crippen LogP contribution in [0.4, 0.5) is 11.4 Å². The number of para-hydroxylation sites is 1. The molecule has 0 radical (unpaired) electrons. The van der Waals surface area contributed by atoms with Crippen molar-refractivity contribution < 1.29 is 0 Å². The Morgan fingerprint density at radius 2 is 1.04 bits per heavy atom. The van der Waals surface area contributed by atoms with Gasteiger partial charge in [0.1, 0.15) is 0 Å². The maximum atomic E-state index is 2.30. The molecule has 0 bridgehead atoms. The predicted molar refractivity (Wildman–Crippen MR) is 117 cm³/mol. The largest absolute Gasteiger partial charge is 0.344 e. The fraction of sp³-hybridized carbons (Fsp3) is 0.0769. The van der Waals surface area contributed by atoms with E-state index in [2.05, 4.69) is 122 Å². The number of anilines is 2. The first-order valence-electron chi connectivity index (χ1n) is 9.28. The number of hydrogen-bond acceptors (Lipinski definition) is 1. The molecule has 0 spiro atoms. The highest BCUT2D eigenvalue weighted by atomic mass is 15.1. The van der Waals surface area contributed by atoms with Crippen LogP contribution >= 0.6 is 0 Å². The molecule has 4 rings (SSSR count). The third-order valence-electron chi connectivity index (χ3n) is 4.95. The number of hydrogen-bond donors (Lipinski definition) is 0. The van der Waals surface area contributed by atoms with Gasteiger partial charge in [0.2, 0.25) is 0 Å². The molecule has 0 saturated heterocycles. The summed E-state index contributed by atoms with van der Waals surface area (Å²) in [5.41, 5.74) is 8.61. The summed E-state index contributed by atoms with van der Waals surface area (Å²) in [6.07, 6.45) is 0. The molecule has 1 heteroatoms. The van der Waals surface area contributed by atoms with Crippen molar-refractivity contribution in [2.75, 3.05) is 11.9 Å². The summed E-state index contributed by atoms with van der Waals surface area (Å²) in [6.45, 7) is 2.15. The molecule has 0 aliphatic rings. The van der Waals surface area contributed by atoms with E-state index in [0.29, 0.717) is 0 Å². The Labute approximate surface area is 161 Å². The number of benzene rings is 4. The van der Waals surface area contributed by atoms with E-state index in [9.17, 15) is 0 Å². The monoisotopic (exact) mass is 349 g/mol. The molecular weight excluding hydrogens is 326 g/mol. The summed E-state index contributed by atoms with van der Waals surface area (Å²) in [5.74, 6) is 0. The zero-order chi connectivity index (χ0) is 18.6. The van der Waals surface area contributed by atoms with Crippen LogP contribution in [0.15, 0.2) is 103 Å². The molecule has 0 aliphatic carbocycles. The Bertz CT molecular complexity index is 1040. The third kappa shape index (κ3) is 3.50. The Morgan fingerprint density at radius 3 is 1.67 bits per heavy atom. The van der Waals surface area contributed by atoms with Crippen LogP contribution in [0, 0.1) is 6.92 Å². The lowest BCUT2D eigenvalue weighted by Gasteiger charge is -2.26. The fourth-order valence-corrected chi connectivity index (χ4v) is 3.54. The average Bonchev–Trinajstić information content (AvgIpc) is 2.74. The molecule has 0 atom stereocenters. The second kappa shape index (κ2) is 7.51. The Balaban J connectivity index is 1.86. The lowest BCUT2D eigenvalue weighted by Crippen LogP contribution is -2.12. The van der Waals surface area contributed by atoms with E-state index in [1.807, 2.05) is 0 Å². The first-order valence-corrected chi connectivity index (χ1v) is 9.28. The first-order chi connectivity index (χ1) is 13.2. The van der Waals surface area contributed by atoms with Crippen molar-refractivity contribution in [1.29, 1.82) is 0 Å². The normalized spacial score (nSPS) is 10.6. The van der Waals surface area contributed by atoms with E-state index in [1.54, 1.807) is 0 Å². The molecule has 4 aromatic rings. The molecule has 0 aliphatic heterocycles. The molecule has 132 valence electrons. The molecule has 0 fully saturated rings. The second-order valence-corrected chi connectivity index (χ2v) is 6.83. The quantitative estimate of drug-likeness (QED) is 0.380. The zero-order valence-corrected chi connectivity index (χ0v) is 15.8. The van der Waals surface area contributed by atoms with Gasteiger partial charge in [0.15, 0.2) is 0 Å². The Hall–Kier alpha value is -3.32. The van der Waals surface area contributed by atoms with Gasteiger partial charge in [-0.05, 0) is 35.7 Å². The lowest BCUT2D eigenvalue weighted by molar-refractivity contribution is 1.20. The van der Waals surface area contributed by atoms with Crippen LogP contribution in [0.1, 0.15) is 5.56 Å². The van der Waals surface area contributed by atoms with Crippen molar-refractivity contribution in [3.05, 3.63) is 109 Å². The van der Waals surface area contributed by atoms with Gasteiger partial charge in [0.05, 0.1) is 0 Å². The van der Waals surface area contributed by atoms with Gasteiger partial charge in [-0.25, -0.2) is 0 Å². The summed E-state index contributed by atoms with van der Waals surface area (Å²) in [6, 6.07) is 36.4. The summed E-state index contributed by atoms with van der Waals surface area (Å²) in [5, 5.41) is 0. The van der Waals surface area contributed by atoms with Gasteiger partial charge < -0.3 is 4.90 Å². The van der Waals surface area contributed by atoms with Crippen molar-refractivity contribution >= 4 is 11.4 Å². The average molecular weight is 349 g/mol. The van der Waals surface area contributed by atoms with Crippen molar-refractivity contribution in [1.82, 2.24) is 0 Å². The van der Waals surface area contributed by atoms with Gasteiger partial charge in [0, 0.05) is 29.5 Å². The molecule has 0 N–H and O–H groups in total. The van der Waals surface area contributed by atoms with Crippen LogP contribution in [0.5, 0.6) is 0 Å².